The fourth-order valence-electron chi connectivity index (χ4n) is 0.966. The number of rotatable bonds is 3. The third-order valence-corrected chi connectivity index (χ3v) is 2.13. The average Bonchev–Trinajstić information content (AvgIpc) is 2.87. The maximum absolute atomic E-state index is 5.56. The molecule has 2 heterocycles. The molecule has 0 amide bonds. The van der Waals surface area contributed by atoms with Crippen molar-refractivity contribution in [1.82, 2.24) is 10.3 Å². The largest absolute Gasteiger partial charge is 0.448 e. The summed E-state index contributed by atoms with van der Waals surface area (Å²) in [6.45, 7) is 0. The zero-order chi connectivity index (χ0) is 12.3. The van der Waals surface area contributed by atoms with Crippen molar-refractivity contribution in [2.45, 2.75) is 0 Å². The summed E-state index contributed by atoms with van der Waals surface area (Å²) in [5, 5.41) is 14.2. The lowest BCUT2D eigenvalue weighted by atomic mass is 10.4. The van der Waals surface area contributed by atoms with E-state index in [1.165, 1.54) is 6.21 Å². The molecule has 88 valence electrons. The highest BCUT2D eigenvalue weighted by atomic mass is 79.9. The molecule has 0 spiro atoms. The molecule has 0 atom stereocenters. The smallest absolute Gasteiger partial charge is 0.199 e. The molecule has 17 heavy (non-hydrogen) atoms. The Morgan fingerprint density at radius 1 is 1.41 bits per heavy atom. The fraction of sp³-hybridized carbons (Fsp3) is 0. The summed E-state index contributed by atoms with van der Waals surface area (Å²) < 4.78 is 10.1. The number of halogens is 1. The second-order valence-corrected chi connectivity index (χ2v) is 3.65. The van der Waals surface area contributed by atoms with E-state index in [0.717, 1.165) is 0 Å². The average molecular weight is 299 g/mol. The highest BCUT2D eigenvalue weighted by Crippen LogP contribution is 2.12. The predicted octanol–water partition coefficient (Wildman–Crippen LogP) is 0.747. The SMILES string of the molecule is N/C(=N/N=C\c1ccc(Br)o1)c1nonc1N. The predicted molar refractivity (Wildman–Crippen MR) is 63.4 cm³/mol. The number of amidine groups is 1. The lowest BCUT2D eigenvalue weighted by Gasteiger charge is -1.90. The maximum atomic E-state index is 5.56. The molecule has 8 nitrogen and oxygen atoms in total. The van der Waals surface area contributed by atoms with Gasteiger partial charge in [0.1, 0.15) is 5.76 Å². The van der Waals surface area contributed by atoms with Crippen LogP contribution in [0.4, 0.5) is 5.82 Å². The Labute approximate surface area is 103 Å². The van der Waals surface area contributed by atoms with Crippen LogP contribution in [0.3, 0.4) is 0 Å². The number of anilines is 1. The molecule has 0 radical (unpaired) electrons. The zero-order valence-corrected chi connectivity index (χ0v) is 9.96. The Hall–Kier alpha value is -2.16. The van der Waals surface area contributed by atoms with Crippen LogP contribution in [0.25, 0.3) is 0 Å². The highest BCUT2D eigenvalue weighted by Gasteiger charge is 2.09. The first kappa shape index (κ1) is 11.3. The van der Waals surface area contributed by atoms with Crippen molar-refractivity contribution in [2.75, 3.05) is 5.73 Å². The molecule has 2 rings (SSSR count). The molecule has 0 aromatic carbocycles. The van der Waals surface area contributed by atoms with Crippen LogP contribution in [0.15, 0.2) is 36.1 Å². The summed E-state index contributed by atoms with van der Waals surface area (Å²) in [6.07, 6.45) is 1.39. The third-order valence-electron chi connectivity index (χ3n) is 1.70. The molecule has 0 fully saturated rings. The molecule has 0 saturated heterocycles. The van der Waals surface area contributed by atoms with Gasteiger partial charge in [-0.2, -0.15) is 5.10 Å². The number of furan rings is 1. The van der Waals surface area contributed by atoms with E-state index in [4.69, 9.17) is 15.9 Å². The first-order chi connectivity index (χ1) is 8.16. The summed E-state index contributed by atoms with van der Waals surface area (Å²) in [6, 6.07) is 3.44. The van der Waals surface area contributed by atoms with Crippen LogP contribution in [0.5, 0.6) is 0 Å². The Balaban J connectivity index is 2.11. The Morgan fingerprint density at radius 3 is 2.82 bits per heavy atom. The number of hydrogen-bond donors (Lipinski definition) is 2. The van der Waals surface area contributed by atoms with E-state index < -0.39 is 0 Å². The molecule has 4 N–H and O–H groups in total. The van der Waals surface area contributed by atoms with E-state index in [-0.39, 0.29) is 17.3 Å². The van der Waals surface area contributed by atoms with Crippen LogP contribution in [0, 0.1) is 0 Å². The van der Waals surface area contributed by atoms with Crippen molar-refractivity contribution in [2.24, 2.45) is 15.9 Å². The van der Waals surface area contributed by atoms with Crippen molar-refractivity contribution < 1.29 is 9.05 Å². The summed E-state index contributed by atoms with van der Waals surface area (Å²) in [7, 11) is 0. The van der Waals surface area contributed by atoms with E-state index in [9.17, 15) is 0 Å². The van der Waals surface area contributed by atoms with Crippen LogP contribution in [0.2, 0.25) is 0 Å². The number of hydrogen-bond acceptors (Lipinski definition) is 7. The Morgan fingerprint density at radius 2 is 2.24 bits per heavy atom. The fourth-order valence-corrected chi connectivity index (χ4v) is 1.29. The molecule has 0 aliphatic heterocycles. The Bertz CT molecular complexity index is 572. The van der Waals surface area contributed by atoms with E-state index in [2.05, 4.69) is 41.1 Å². The minimum atomic E-state index is 0.00521. The molecule has 0 unspecified atom stereocenters. The quantitative estimate of drug-likeness (QED) is 0.488. The minimum absolute atomic E-state index is 0.00521. The first-order valence-electron chi connectivity index (χ1n) is 4.37. The molecule has 2 aromatic rings. The van der Waals surface area contributed by atoms with Gasteiger partial charge in [0.15, 0.2) is 22.0 Å². The number of nitrogen functional groups attached to an aromatic ring is 1. The van der Waals surface area contributed by atoms with Crippen LogP contribution in [-0.2, 0) is 0 Å². The van der Waals surface area contributed by atoms with Gasteiger partial charge in [0.05, 0.1) is 6.21 Å². The van der Waals surface area contributed by atoms with Gasteiger partial charge in [-0.05, 0) is 38.4 Å². The summed E-state index contributed by atoms with van der Waals surface area (Å²) >= 11 is 3.16. The van der Waals surface area contributed by atoms with E-state index >= 15 is 0 Å². The van der Waals surface area contributed by atoms with Gasteiger partial charge in [0.25, 0.3) is 0 Å². The monoisotopic (exact) mass is 298 g/mol. The van der Waals surface area contributed by atoms with Gasteiger partial charge in [0, 0.05) is 0 Å². The molecular weight excluding hydrogens is 292 g/mol. The van der Waals surface area contributed by atoms with E-state index in [0.29, 0.717) is 10.4 Å². The summed E-state index contributed by atoms with van der Waals surface area (Å²) in [5.74, 6) is 0.590. The van der Waals surface area contributed by atoms with Crippen molar-refractivity contribution in [1.29, 1.82) is 0 Å². The number of nitrogens with zero attached hydrogens (tertiary/aromatic N) is 4. The van der Waals surface area contributed by atoms with Gasteiger partial charge in [-0.15, -0.1) is 5.10 Å². The highest BCUT2D eigenvalue weighted by molar-refractivity contribution is 9.10. The molecular formula is C8H7BrN6O2. The van der Waals surface area contributed by atoms with Gasteiger partial charge < -0.3 is 15.9 Å². The Kier molecular flexibility index (Phi) is 3.19. The van der Waals surface area contributed by atoms with Crippen molar-refractivity contribution in [3.05, 3.63) is 28.3 Å². The molecule has 9 heteroatoms. The topological polar surface area (TPSA) is 129 Å². The number of nitrogens with two attached hydrogens (primary N) is 2. The van der Waals surface area contributed by atoms with Crippen LogP contribution >= 0.6 is 15.9 Å². The molecule has 0 aliphatic carbocycles. The summed E-state index contributed by atoms with van der Waals surface area (Å²) in [4.78, 5) is 0. The van der Waals surface area contributed by atoms with Crippen LogP contribution in [-0.4, -0.2) is 22.4 Å². The molecule has 2 aromatic heterocycles. The van der Waals surface area contributed by atoms with Gasteiger partial charge in [-0.3, -0.25) is 0 Å². The van der Waals surface area contributed by atoms with Crippen LogP contribution < -0.4 is 11.5 Å². The lowest BCUT2D eigenvalue weighted by molar-refractivity contribution is 0.308. The maximum Gasteiger partial charge on any atom is 0.199 e. The molecule has 0 saturated carbocycles. The van der Waals surface area contributed by atoms with Crippen molar-refractivity contribution in [3.8, 4) is 0 Å². The first-order valence-corrected chi connectivity index (χ1v) is 5.16. The molecule has 0 aliphatic rings. The van der Waals surface area contributed by atoms with Crippen molar-refractivity contribution >= 4 is 33.8 Å². The lowest BCUT2D eigenvalue weighted by Crippen LogP contribution is -2.15. The minimum Gasteiger partial charge on any atom is -0.448 e. The van der Waals surface area contributed by atoms with Crippen molar-refractivity contribution in [3.63, 3.8) is 0 Å². The van der Waals surface area contributed by atoms with E-state index in [1.54, 1.807) is 12.1 Å². The van der Waals surface area contributed by atoms with Gasteiger partial charge >= 0.3 is 0 Å². The van der Waals surface area contributed by atoms with Gasteiger partial charge in [0.2, 0.25) is 0 Å². The van der Waals surface area contributed by atoms with E-state index in [1.807, 2.05) is 0 Å². The number of aromatic nitrogens is 2. The van der Waals surface area contributed by atoms with Gasteiger partial charge in [-0.25, -0.2) is 4.63 Å². The van der Waals surface area contributed by atoms with Gasteiger partial charge in [-0.1, -0.05) is 0 Å². The molecule has 0 bridgehead atoms. The van der Waals surface area contributed by atoms with Crippen LogP contribution in [0.1, 0.15) is 11.5 Å². The summed E-state index contributed by atoms with van der Waals surface area (Å²) in [5.41, 5.74) is 11.1. The second kappa shape index (κ2) is 4.78. The third kappa shape index (κ3) is 2.69. The standard InChI is InChI=1S/C8H7BrN6O2/c9-5-2-1-4(16-5)3-12-13-7(10)6-8(11)15-17-14-6/h1-3H,(H2,10,13)(H2,11,15)/b12-3-. The second-order valence-electron chi connectivity index (χ2n) is 2.87. The zero-order valence-electron chi connectivity index (χ0n) is 8.37. The normalized spacial score (nSPS) is 12.4.